The lowest BCUT2D eigenvalue weighted by molar-refractivity contribution is -0.117. The molecule has 1 atom stereocenters. The Labute approximate surface area is 93.0 Å². The number of amides is 1. The van der Waals surface area contributed by atoms with Crippen molar-refractivity contribution in [1.82, 2.24) is 0 Å². The van der Waals surface area contributed by atoms with Gasteiger partial charge in [-0.3, -0.25) is 4.79 Å². The lowest BCUT2D eigenvalue weighted by atomic mass is 10.0. The topological polar surface area (TPSA) is 43.1 Å². The van der Waals surface area contributed by atoms with Gasteiger partial charge in [0, 0.05) is 5.02 Å². The van der Waals surface area contributed by atoms with E-state index in [1.807, 2.05) is 13.0 Å². The standard InChI is InChI=1S/C10H11Cl2NO/c1-6-2-3-8(11)4-7(6)5-9(12)10(13)14/h2-4,9H,5H2,1H3,(H2,13,14). The van der Waals surface area contributed by atoms with Crippen LogP contribution in [0.2, 0.25) is 5.02 Å². The Kier molecular flexibility index (Phi) is 3.78. The molecule has 0 heterocycles. The first-order chi connectivity index (χ1) is 6.50. The molecule has 0 saturated heterocycles. The number of halogens is 2. The molecule has 0 aromatic heterocycles. The molecule has 1 aromatic carbocycles. The monoisotopic (exact) mass is 231 g/mol. The molecule has 0 aliphatic carbocycles. The average Bonchev–Trinajstić information content (AvgIpc) is 2.11. The quantitative estimate of drug-likeness (QED) is 0.798. The van der Waals surface area contributed by atoms with Gasteiger partial charge in [0.25, 0.3) is 0 Å². The molecule has 0 aliphatic heterocycles. The van der Waals surface area contributed by atoms with Crippen LogP contribution in [0.4, 0.5) is 0 Å². The number of rotatable bonds is 3. The molecule has 0 fully saturated rings. The maximum atomic E-state index is 10.8. The van der Waals surface area contributed by atoms with E-state index in [0.717, 1.165) is 11.1 Å². The molecule has 1 rings (SSSR count). The first-order valence-corrected chi connectivity index (χ1v) is 5.00. The molecule has 4 heteroatoms. The van der Waals surface area contributed by atoms with Gasteiger partial charge in [-0.05, 0) is 36.6 Å². The van der Waals surface area contributed by atoms with Gasteiger partial charge < -0.3 is 5.73 Å². The minimum Gasteiger partial charge on any atom is -0.368 e. The van der Waals surface area contributed by atoms with Crippen molar-refractivity contribution in [2.75, 3.05) is 0 Å². The summed E-state index contributed by atoms with van der Waals surface area (Å²) in [6.07, 6.45) is 0.420. The van der Waals surface area contributed by atoms with Gasteiger partial charge in [-0.1, -0.05) is 17.7 Å². The highest BCUT2D eigenvalue weighted by Gasteiger charge is 2.13. The molecule has 1 amide bonds. The van der Waals surface area contributed by atoms with Gasteiger partial charge in [0.15, 0.2) is 0 Å². The van der Waals surface area contributed by atoms with E-state index in [2.05, 4.69) is 0 Å². The van der Waals surface area contributed by atoms with Crippen LogP contribution in [0.25, 0.3) is 0 Å². The van der Waals surface area contributed by atoms with E-state index in [0.29, 0.717) is 11.4 Å². The van der Waals surface area contributed by atoms with Crippen molar-refractivity contribution in [2.45, 2.75) is 18.7 Å². The number of primary amides is 1. The summed E-state index contributed by atoms with van der Waals surface area (Å²) in [4.78, 5) is 10.8. The van der Waals surface area contributed by atoms with Crippen LogP contribution >= 0.6 is 23.2 Å². The lowest BCUT2D eigenvalue weighted by Crippen LogP contribution is -2.25. The van der Waals surface area contributed by atoms with Gasteiger partial charge in [-0.15, -0.1) is 11.6 Å². The number of alkyl halides is 1. The Morgan fingerprint density at radius 3 is 2.79 bits per heavy atom. The van der Waals surface area contributed by atoms with E-state index in [1.54, 1.807) is 12.1 Å². The highest BCUT2D eigenvalue weighted by Crippen LogP contribution is 2.18. The number of hydrogen-bond acceptors (Lipinski definition) is 1. The number of carbonyl (C=O) groups excluding carboxylic acids is 1. The Hall–Kier alpha value is -0.730. The zero-order valence-electron chi connectivity index (χ0n) is 7.76. The Bertz CT molecular complexity index is 352. The molecule has 76 valence electrons. The SMILES string of the molecule is Cc1ccc(Cl)cc1CC(Cl)C(N)=O. The molecule has 0 radical (unpaired) electrons. The second-order valence-electron chi connectivity index (χ2n) is 3.14. The fourth-order valence-electron chi connectivity index (χ4n) is 1.15. The first-order valence-electron chi connectivity index (χ1n) is 4.19. The Morgan fingerprint density at radius 2 is 2.21 bits per heavy atom. The predicted molar refractivity (Wildman–Crippen MR) is 58.7 cm³/mol. The van der Waals surface area contributed by atoms with Crippen molar-refractivity contribution in [3.05, 3.63) is 34.3 Å². The summed E-state index contributed by atoms with van der Waals surface area (Å²) >= 11 is 11.6. The average molecular weight is 232 g/mol. The predicted octanol–water partition coefficient (Wildman–Crippen LogP) is 2.28. The van der Waals surface area contributed by atoms with Crippen LogP contribution in [-0.2, 0) is 11.2 Å². The van der Waals surface area contributed by atoms with Crippen LogP contribution in [0.1, 0.15) is 11.1 Å². The van der Waals surface area contributed by atoms with E-state index in [9.17, 15) is 4.79 Å². The normalized spacial score (nSPS) is 12.5. The van der Waals surface area contributed by atoms with Gasteiger partial charge in [-0.25, -0.2) is 0 Å². The summed E-state index contributed by atoms with van der Waals surface area (Å²) in [5, 5.41) is -0.0360. The Balaban J connectivity index is 2.85. The highest BCUT2D eigenvalue weighted by molar-refractivity contribution is 6.31. The molecule has 2 N–H and O–H groups in total. The first kappa shape index (κ1) is 11.3. The summed E-state index contributed by atoms with van der Waals surface area (Å²) in [6.45, 7) is 1.94. The summed E-state index contributed by atoms with van der Waals surface area (Å²) < 4.78 is 0. The minimum atomic E-state index is -0.674. The summed E-state index contributed by atoms with van der Waals surface area (Å²) in [5.41, 5.74) is 7.08. The number of carbonyl (C=O) groups is 1. The van der Waals surface area contributed by atoms with Gasteiger partial charge >= 0.3 is 0 Å². The third-order valence-corrected chi connectivity index (χ3v) is 2.62. The van der Waals surface area contributed by atoms with E-state index >= 15 is 0 Å². The van der Waals surface area contributed by atoms with Crippen LogP contribution in [0.5, 0.6) is 0 Å². The maximum absolute atomic E-state index is 10.8. The number of nitrogens with two attached hydrogens (primary N) is 1. The number of hydrogen-bond donors (Lipinski definition) is 1. The zero-order chi connectivity index (χ0) is 10.7. The Morgan fingerprint density at radius 1 is 1.57 bits per heavy atom. The van der Waals surface area contributed by atoms with E-state index in [1.165, 1.54) is 0 Å². The summed E-state index contributed by atoms with van der Waals surface area (Å²) in [6, 6.07) is 5.49. The second-order valence-corrected chi connectivity index (χ2v) is 4.11. The van der Waals surface area contributed by atoms with Crippen LogP contribution in [0, 0.1) is 6.92 Å². The zero-order valence-corrected chi connectivity index (χ0v) is 9.27. The van der Waals surface area contributed by atoms with Gasteiger partial charge in [0.05, 0.1) is 0 Å². The molecule has 2 nitrogen and oxygen atoms in total. The van der Waals surface area contributed by atoms with Crippen molar-refractivity contribution in [3.8, 4) is 0 Å². The highest BCUT2D eigenvalue weighted by atomic mass is 35.5. The van der Waals surface area contributed by atoms with E-state index < -0.39 is 11.3 Å². The number of benzene rings is 1. The summed E-state index contributed by atoms with van der Waals surface area (Å²) in [7, 11) is 0. The molecular formula is C10H11Cl2NO. The molecule has 1 aromatic rings. The molecule has 0 spiro atoms. The van der Waals surface area contributed by atoms with E-state index in [-0.39, 0.29) is 0 Å². The van der Waals surface area contributed by atoms with Crippen molar-refractivity contribution in [2.24, 2.45) is 5.73 Å². The largest absolute Gasteiger partial charge is 0.368 e. The molecule has 0 aliphatic rings. The van der Waals surface area contributed by atoms with Crippen molar-refractivity contribution in [3.63, 3.8) is 0 Å². The van der Waals surface area contributed by atoms with Crippen molar-refractivity contribution >= 4 is 29.1 Å². The van der Waals surface area contributed by atoms with Crippen LogP contribution in [-0.4, -0.2) is 11.3 Å². The molecule has 0 bridgehead atoms. The maximum Gasteiger partial charge on any atom is 0.235 e. The van der Waals surface area contributed by atoms with Crippen LogP contribution in [0.15, 0.2) is 18.2 Å². The summed E-state index contributed by atoms with van der Waals surface area (Å²) in [5.74, 6) is -0.508. The minimum absolute atomic E-state index is 0.420. The van der Waals surface area contributed by atoms with Crippen molar-refractivity contribution < 1.29 is 4.79 Å². The third kappa shape index (κ3) is 2.89. The fraction of sp³-hybridized carbons (Fsp3) is 0.300. The molecule has 14 heavy (non-hydrogen) atoms. The van der Waals surface area contributed by atoms with E-state index in [4.69, 9.17) is 28.9 Å². The fourth-order valence-corrected chi connectivity index (χ4v) is 1.51. The van der Waals surface area contributed by atoms with Gasteiger partial charge in [0.2, 0.25) is 5.91 Å². The second kappa shape index (κ2) is 4.67. The lowest BCUT2D eigenvalue weighted by Gasteiger charge is -2.08. The third-order valence-electron chi connectivity index (χ3n) is 2.02. The van der Waals surface area contributed by atoms with Gasteiger partial charge in [0.1, 0.15) is 5.38 Å². The number of aryl methyl sites for hydroxylation is 1. The van der Waals surface area contributed by atoms with Crippen LogP contribution < -0.4 is 5.73 Å². The smallest absolute Gasteiger partial charge is 0.235 e. The van der Waals surface area contributed by atoms with Gasteiger partial charge in [-0.2, -0.15) is 0 Å². The van der Waals surface area contributed by atoms with Crippen LogP contribution in [0.3, 0.4) is 0 Å². The molecule has 1 unspecified atom stereocenters. The molecule has 0 saturated carbocycles. The molecular weight excluding hydrogens is 221 g/mol. The van der Waals surface area contributed by atoms with Crippen molar-refractivity contribution in [1.29, 1.82) is 0 Å².